The molecule has 5 aromatic rings. The van der Waals surface area contributed by atoms with Crippen LogP contribution < -0.4 is 9.80 Å². The molecule has 2 heterocycles. The van der Waals surface area contributed by atoms with E-state index < -0.39 is 46.8 Å². The smallest absolute Gasteiger partial charge is 0.246 e. The number of carbonyl (C=O) groups is 4. The number of benzene rings is 5. The van der Waals surface area contributed by atoms with Crippen LogP contribution in [0, 0.1) is 27.2 Å². The fourth-order valence-electron chi connectivity index (χ4n) is 9.44. The highest BCUT2D eigenvalue weighted by atomic mass is 127. The number of imide groups is 2. The molecule has 4 aliphatic rings. The minimum Gasteiger partial charge on any atom is -0.507 e. The lowest BCUT2D eigenvalue weighted by Gasteiger charge is -2.50. The molecular formula is C42H30ClIN2O5. The Bertz CT molecular complexity index is 2340. The van der Waals surface area contributed by atoms with E-state index in [1.54, 1.807) is 36.4 Å². The van der Waals surface area contributed by atoms with Crippen LogP contribution in [0.2, 0.25) is 5.02 Å². The number of carbonyl (C=O) groups excluding carboxylic acids is 4. The Kier molecular flexibility index (Phi) is 7.49. The van der Waals surface area contributed by atoms with Crippen molar-refractivity contribution in [2.45, 2.75) is 24.2 Å². The Morgan fingerprint density at radius 2 is 1.47 bits per heavy atom. The number of hydrogen-bond acceptors (Lipinski definition) is 5. The monoisotopic (exact) mass is 804 g/mol. The number of hydrogen-bond donors (Lipinski definition) is 1. The van der Waals surface area contributed by atoms with Gasteiger partial charge in [0.1, 0.15) is 5.75 Å². The van der Waals surface area contributed by atoms with Crippen molar-refractivity contribution in [3.8, 4) is 5.75 Å². The zero-order valence-electron chi connectivity index (χ0n) is 27.1. The van der Waals surface area contributed by atoms with Crippen LogP contribution >= 0.6 is 34.2 Å². The fourth-order valence-corrected chi connectivity index (χ4v) is 9.98. The molecule has 3 fully saturated rings. The van der Waals surface area contributed by atoms with Gasteiger partial charge in [0.15, 0.2) is 0 Å². The molecule has 0 aromatic heterocycles. The average Bonchev–Trinajstić information content (AvgIpc) is 3.53. The molecule has 252 valence electrons. The lowest BCUT2D eigenvalue weighted by atomic mass is 9.49. The third-order valence-corrected chi connectivity index (χ3v) is 12.4. The van der Waals surface area contributed by atoms with Gasteiger partial charge in [0, 0.05) is 25.5 Å². The van der Waals surface area contributed by atoms with Crippen molar-refractivity contribution in [2.75, 3.05) is 9.80 Å². The quantitative estimate of drug-likeness (QED) is 0.112. The Labute approximate surface area is 312 Å². The predicted octanol–water partition coefficient (Wildman–Crippen LogP) is 8.17. The summed E-state index contributed by atoms with van der Waals surface area (Å²) in [5.41, 5.74) is 1.33. The second-order valence-corrected chi connectivity index (χ2v) is 15.5. The topological polar surface area (TPSA) is 95.0 Å². The van der Waals surface area contributed by atoms with E-state index in [1.807, 2.05) is 84.9 Å². The van der Waals surface area contributed by atoms with Gasteiger partial charge < -0.3 is 5.11 Å². The van der Waals surface area contributed by atoms with Crippen LogP contribution in [0.25, 0.3) is 10.8 Å². The first-order chi connectivity index (χ1) is 24.7. The number of allylic oxidation sites excluding steroid dienone is 2. The fraction of sp³-hybridized carbons (Fsp3) is 0.190. The molecule has 1 N–H and O–H groups in total. The van der Waals surface area contributed by atoms with Crippen molar-refractivity contribution in [1.82, 2.24) is 0 Å². The van der Waals surface area contributed by atoms with Gasteiger partial charge >= 0.3 is 0 Å². The van der Waals surface area contributed by atoms with Crippen LogP contribution in [0.5, 0.6) is 5.75 Å². The molecule has 6 atom stereocenters. The van der Waals surface area contributed by atoms with E-state index in [4.69, 9.17) is 11.6 Å². The minimum absolute atomic E-state index is 0.0200. The number of phenolic OH excluding ortho intramolecular Hbond substituents is 1. The molecule has 2 aliphatic heterocycles. The van der Waals surface area contributed by atoms with Crippen molar-refractivity contribution in [1.29, 1.82) is 0 Å². The third-order valence-electron chi connectivity index (χ3n) is 11.5. The minimum atomic E-state index is -1.47. The van der Waals surface area contributed by atoms with Crippen LogP contribution in [-0.2, 0) is 24.6 Å². The van der Waals surface area contributed by atoms with Gasteiger partial charge in [-0.05, 0) is 94.8 Å². The van der Waals surface area contributed by atoms with E-state index in [2.05, 4.69) is 22.6 Å². The van der Waals surface area contributed by atoms with Crippen LogP contribution in [0.1, 0.15) is 29.9 Å². The molecule has 2 saturated heterocycles. The van der Waals surface area contributed by atoms with Gasteiger partial charge in [0.05, 0.1) is 34.5 Å². The molecule has 6 unspecified atom stereocenters. The van der Waals surface area contributed by atoms with E-state index in [1.165, 1.54) is 9.80 Å². The molecule has 51 heavy (non-hydrogen) atoms. The molecule has 0 spiro atoms. The van der Waals surface area contributed by atoms with Gasteiger partial charge in [-0.15, -0.1) is 0 Å². The summed E-state index contributed by atoms with van der Waals surface area (Å²) < 4.78 is 0.980. The standard InChI is InChI=1S/C42H30ClIN2O5/c43-25-10-6-11-28(21-25)46-39(49)34-22-33-30(19-20-31-35(33)40(50)45(38(31)48)27-16-14-26(44)15-17-27)36(42(34,41(46)51)24-8-2-1-3-9-24)32-18-13-23-7-4-5-12-29(23)37(32)47/h1-19,21,31,33-36,47H,20,22H2. The highest BCUT2D eigenvalue weighted by molar-refractivity contribution is 14.1. The summed E-state index contributed by atoms with van der Waals surface area (Å²) in [5, 5.41) is 14.0. The highest BCUT2D eigenvalue weighted by Gasteiger charge is 2.70. The van der Waals surface area contributed by atoms with Gasteiger partial charge in [-0.3, -0.25) is 24.1 Å². The SMILES string of the molecule is O=C1C2CC=C3C(CC4C(=O)N(c5cccc(Cl)c5)C(=O)C4(c4ccccc4)C3c3ccc4ccccc4c3O)C2C(=O)N1c1ccc(I)cc1. The second kappa shape index (κ2) is 11.9. The molecule has 0 bridgehead atoms. The molecular weight excluding hydrogens is 775 g/mol. The van der Waals surface area contributed by atoms with Crippen molar-refractivity contribution in [3.05, 3.63) is 147 Å². The second-order valence-electron chi connectivity index (χ2n) is 13.8. The number of halogens is 2. The first-order valence-corrected chi connectivity index (χ1v) is 18.4. The summed E-state index contributed by atoms with van der Waals surface area (Å²) in [6.07, 6.45) is 2.48. The first-order valence-electron chi connectivity index (χ1n) is 16.9. The summed E-state index contributed by atoms with van der Waals surface area (Å²) in [6, 6.07) is 34.6. The predicted molar refractivity (Wildman–Crippen MR) is 203 cm³/mol. The number of nitrogens with zero attached hydrogens (tertiary/aromatic N) is 2. The van der Waals surface area contributed by atoms with Crippen LogP contribution in [0.4, 0.5) is 11.4 Å². The van der Waals surface area contributed by atoms with Gasteiger partial charge in [-0.1, -0.05) is 96.0 Å². The molecule has 9 rings (SSSR count). The van der Waals surface area contributed by atoms with Gasteiger partial charge in [0.2, 0.25) is 23.6 Å². The zero-order valence-corrected chi connectivity index (χ0v) is 30.0. The molecule has 7 nitrogen and oxygen atoms in total. The number of aromatic hydroxyl groups is 1. The van der Waals surface area contributed by atoms with Crippen molar-refractivity contribution >= 4 is 80.0 Å². The number of anilines is 2. The summed E-state index contributed by atoms with van der Waals surface area (Å²) in [4.78, 5) is 61.5. The number of fused-ring (bicyclic) bond motifs is 5. The largest absolute Gasteiger partial charge is 0.507 e. The van der Waals surface area contributed by atoms with Crippen LogP contribution in [-0.4, -0.2) is 28.7 Å². The summed E-state index contributed by atoms with van der Waals surface area (Å²) in [6.45, 7) is 0. The summed E-state index contributed by atoms with van der Waals surface area (Å²) in [7, 11) is 0. The van der Waals surface area contributed by atoms with Crippen molar-refractivity contribution in [3.63, 3.8) is 0 Å². The maximum absolute atomic E-state index is 15.4. The maximum atomic E-state index is 15.4. The Morgan fingerprint density at radius 1 is 0.725 bits per heavy atom. The van der Waals surface area contributed by atoms with E-state index >= 15 is 4.79 Å². The molecule has 2 aliphatic carbocycles. The number of amides is 4. The first kappa shape index (κ1) is 32.1. The summed E-state index contributed by atoms with van der Waals surface area (Å²) >= 11 is 8.61. The van der Waals surface area contributed by atoms with Gasteiger partial charge in [-0.2, -0.15) is 0 Å². The van der Waals surface area contributed by atoms with Gasteiger partial charge in [-0.25, -0.2) is 4.90 Å². The average molecular weight is 805 g/mol. The van der Waals surface area contributed by atoms with Crippen molar-refractivity contribution < 1.29 is 24.3 Å². The van der Waals surface area contributed by atoms with E-state index in [-0.39, 0.29) is 24.0 Å². The molecule has 1 saturated carbocycles. The van der Waals surface area contributed by atoms with Crippen LogP contribution in [0.15, 0.2) is 127 Å². The Balaban J connectivity index is 1.29. The highest BCUT2D eigenvalue weighted by Crippen LogP contribution is 2.65. The van der Waals surface area contributed by atoms with E-state index in [0.717, 1.165) is 14.5 Å². The van der Waals surface area contributed by atoms with Crippen LogP contribution in [0.3, 0.4) is 0 Å². The Hall–Kier alpha value is -4.80. The van der Waals surface area contributed by atoms with E-state index in [0.29, 0.717) is 39.3 Å². The third kappa shape index (κ3) is 4.55. The number of phenols is 1. The Morgan fingerprint density at radius 3 is 2.24 bits per heavy atom. The van der Waals surface area contributed by atoms with Gasteiger partial charge in [0.25, 0.3) is 0 Å². The molecule has 0 radical (unpaired) electrons. The number of rotatable bonds is 4. The lowest BCUT2D eigenvalue weighted by molar-refractivity contribution is -0.127. The molecule has 4 amide bonds. The van der Waals surface area contributed by atoms with E-state index in [9.17, 15) is 19.5 Å². The molecule has 5 aromatic carbocycles. The zero-order chi connectivity index (χ0) is 35.2. The summed E-state index contributed by atoms with van der Waals surface area (Å²) in [5.74, 6) is -5.00. The normalized spacial score (nSPS) is 27.0. The maximum Gasteiger partial charge on any atom is 0.246 e. The van der Waals surface area contributed by atoms with Crippen molar-refractivity contribution in [2.24, 2.45) is 23.7 Å². The lowest BCUT2D eigenvalue weighted by Crippen LogP contribution is -2.53. The molecule has 9 heteroatoms.